The smallest absolute Gasteiger partial charge is 0.219 e. The lowest BCUT2D eigenvalue weighted by atomic mass is 9.99. The van der Waals surface area contributed by atoms with Gasteiger partial charge in [0.15, 0.2) is 11.6 Å². The van der Waals surface area contributed by atoms with Gasteiger partial charge in [0, 0.05) is 58.3 Å². The average Bonchev–Trinajstić information content (AvgIpc) is 3.27. The van der Waals surface area contributed by atoms with Crippen molar-refractivity contribution in [2.24, 2.45) is 5.73 Å². The molecule has 0 bridgehead atoms. The molecule has 0 spiro atoms. The maximum atomic E-state index is 11.6. The zero-order chi connectivity index (χ0) is 23.5. The van der Waals surface area contributed by atoms with E-state index in [2.05, 4.69) is 60.0 Å². The number of hydrogen-bond donors (Lipinski definition) is 4. The summed E-state index contributed by atoms with van der Waals surface area (Å²) in [5.74, 6) is 1.56. The van der Waals surface area contributed by atoms with E-state index in [9.17, 15) is 4.79 Å². The third-order valence-electron chi connectivity index (χ3n) is 6.87. The van der Waals surface area contributed by atoms with Gasteiger partial charge in [-0.25, -0.2) is 9.97 Å². The van der Waals surface area contributed by atoms with Crippen LogP contribution in [0.3, 0.4) is 0 Å². The van der Waals surface area contributed by atoms with Crippen molar-refractivity contribution in [3.63, 3.8) is 0 Å². The molecule has 0 saturated carbocycles. The maximum Gasteiger partial charge on any atom is 0.219 e. The van der Waals surface area contributed by atoms with Crippen LogP contribution in [0.2, 0.25) is 0 Å². The number of nitrogens with zero attached hydrogens (tertiary/aromatic N) is 5. The van der Waals surface area contributed by atoms with Crippen LogP contribution in [0.25, 0.3) is 11.0 Å². The van der Waals surface area contributed by atoms with Gasteiger partial charge in [-0.2, -0.15) is 5.10 Å². The van der Waals surface area contributed by atoms with Crippen molar-refractivity contribution in [2.75, 3.05) is 43.4 Å². The summed E-state index contributed by atoms with van der Waals surface area (Å²) in [6, 6.07) is 8.88. The number of anilines is 2. The molecule has 1 saturated heterocycles. The zero-order valence-electron chi connectivity index (χ0n) is 19.6. The fraction of sp³-hybridized carbons (Fsp3) is 0.500. The molecule has 2 aliphatic heterocycles. The highest BCUT2D eigenvalue weighted by atomic mass is 16.2. The first-order valence-corrected chi connectivity index (χ1v) is 12.1. The normalized spacial score (nSPS) is 18.0. The van der Waals surface area contributed by atoms with E-state index in [4.69, 9.17) is 5.73 Å². The van der Waals surface area contributed by atoms with E-state index >= 15 is 0 Å². The molecule has 10 nitrogen and oxygen atoms in total. The second-order valence-electron chi connectivity index (χ2n) is 9.34. The van der Waals surface area contributed by atoms with E-state index in [1.54, 1.807) is 13.3 Å². The van der Waals surface area contributed by atoms with E-state index in [1.807, 2.05) is 4.90 Å². The number of likely N-dealkylation sites (tertiary alicyclic amines) is 1. The number of rotatable bonds is 7. The molecule has 0 unspecified atom stereocenters. The van der Waals surface area contributed by atoms with Crippen LogP contribution in [0.15, 0.2) is 30.6 Å². The fourth-order valence-corrected chi connectivity index (χ4v) is 4.93. The molecule has 4 heterocycles. The number of aromatic nitrogens is 4. The number of carbonyl (C=O) groups is 1. The van der Waals surface area contributed by atoms with Gasteiger partial charge < -0.3 is 21.3 Å². The van der Waals surface area contributed by atoms with Gasteiger partial charge in [-0.3, -0.25) is 14.8 Å². The molecule has 5 rings (SSSR count). The predicted molar refractivity (Wildman–Crippen MR) is 132 cm³/mol. The highest BCUT2D eigenvalue weighted by Gasteiger charge is 2.23. The van der Waals surface area contributed by atoms with Crippen molar-refractivity contribution in [1.82, 2.24) is 30.0 Å². The fourth-order valence-electron chi connectivity index (χ4n) is 4.93. The third-order valence-corrected chi connectivity index (χ3v) is 6.87. The van der Waals surface area contributed by atoms with E-state index in [1.165, 1.54) is 11.1 Å². The molecule has 5 N–H and O–H groups in total. The Bertz CT molecular complexity index is 1140. The van der Waals surface area contributed by atoms with Crippen LogP contribution in [0.5, 0.6) is 0 Å². The lowest BCUT2D eigenvalue weighted by Crippen LogP contribution is -2.43. The van der Waals surface area contributed by atoms with Crippen molar-refractivity contribution < 1.29 is 4.79 Å². The van der Waals surface area contributed by atoms with E-state index in [0.29, 0.717) is 12.4 Å². The molecule has 3 aromatic rings. The Morgan fingerprint density at radius 3 is 2.76 bits per heavy atom. The van der Waals surface area contributed by atoms with Gasteiger partial charge in [0.2, 0.25) is 5.91 Å². The van der Waals surface area contributed by atoms with Gasteiger partial charge in [-0.15, -0.1) is 0 Å². The Kier molecular flexibility index (Phi) is 6.59. The summed E-state index contributed by atoms with van der Waals surface area (Å²) in [5, 5.41) is 14.4. The largest absolute Gasteiger partial charge is 0.365 e. The number of piperidine rings is 1. The molecule has 180 valence electrons. The van der Waals surface area contributed by atoms with Crippen molar-refractivity contribution in [3.8, 4) is 0 Å². The number of aromatic amines is 1. The lowest BCUT2D eigenvalue weighted by Gasteiger charge is -2.31. The van der Waals surface area contributed by atoms with Crippen LogP contribution >= 0.6 is 0 Å². The van der Waals surface area contributed by atoms with Crippen LogP contribution in [-0.2, 0) is 17.8 Å². The Morgan fingerprint density at radius 1 is 1.18 bits per heavy atom. The van der Waals surface area contributed by atoms with Gasteiger partial charge in [0.05, 0.1) is 0 Å². The zero-order valence-corrected chi connectivity index (χ0v) is 19.6. The summed E-state index contributed by atoms with van der Waals surface area (Å²) >= 11 is 0. The average molecular weight is 464 g/mol. The summed E-state index contributed by atoms with van der Waals surface area (Å²) in [7, 11) is 0. The van der Waals surface area contributed by atoms with Crippen LogP contribution in [-0.4, -0.2) is 80.7 Å². The first-order valence-electron chi connectivity index (χ1n) is 12.1. The van der Waals surface area contributed by atoms with E-state index < -0.39 is 0 Å². The highest BCUT2D eigenvalue weighted by molar-refractivity contribution is 5.92. The predicted octanol–water partition coefficient (Wildman–Crippen LogP) is 1.57. The minimum absolute atomic E-state index is 0.0251. The summed E-state index contributed by atoms with van der Waals surface area (Å²) < 4.78 is 0. The van der Waals surface area contributed by atoms with Gasteiger partial charge >= 0.3 is 0 Å². The Hall–Kier alpha value is -3.24. The van der Waals surface area contributed by atoms with Gasteiger partial charge in [0.1, 0.15) is 17.4 Å². The minimum atomic E-state index is -0.0251. The number of carbonyl (C=O) groups excluding carboxylic acids is 1. The number of hydrogen-bond acceptors (Lipinski definition) is 8. The summed E-state index contributed by atoms with van der Waals surface area (Å²) in [6.45, 7) is 6.55. The molecule has 1 fully saturated rings. The molecule has 1 amide bonds. The van der Waals surface area contributed by atoms with E-state index in [0.717, 1.165) is 68.8 Å². The summed E-state index contributed by atoms with van der Waals surface area (Å²) in [4.78, 5) is 24.7. The summed E-state index contributed by atoms with van der Waals surface area (Å²) in [5.41, 5.74) is 10.8. The standard InChI is InChI=1S/C24H33N9O/c1-16(34)33-10-7-20(8-11-33)29-23-22-21(27-15-28-23)24(31-30-22)26-12-19(25)14-32-9-6-17-4-2-3-5-18(17)13-32/h2-5,15,19-20H,6-14,25H2,1H3,(H2,26,30,31)(H,27,28,29)/t19-/m1/s1. The number of amides is 1. The molecule has 0 aliphatic carbocycles. The van der Waals surface area contributed by atoms with Crippen LogP contribution in [0, 0.1) is 0 Å². The molecule has 0 radical (unpaired) electrons. The van der Waals surface area contributed by atoms with Crippen molar-refractivity contribution in [1.29, 1.82) is 0 Å². The number of nitrogens with one attached hydrogen (secondary N) is 3. The number of benzene rings is 1. The van der Waals surface area contributed by atoms with Gasteiger partial charge in [-0.05, 0) is 30.4 Å². The molecule has 1 atom stereocenters. The first-order chi connectivity index (χ1) is 16.6. The number of nitrogens with two attached hydrogens (primary N) is 1. The molecule has 2 aliphatic rings. The minimum Gasteiger partial charge on any atom is -0.365 e. The topological polar surface area (TPSA) is 128 Å². The molecular weight excluding hydrogens is 430 g/mol. The van der Waals surface area contributed by atoms with Crippen molar-refractivity contribution >= 4 is 28.6 Å². The van der Waals surface area contributed by atoms with Crippen molar-refractivity contribution in [2.45, 2.75) is 44.8 Å². The van der Waals surface area contributed by atoms with E-state index in [-0.39, 0.29) is 18.0 Å². The molecule has 1 aromatic carbocycles. The third kappa shape index (κ3) is 4.97. The van der Waals surface area contributed by atoms with Gasteiger partial charge in [0.25, 0.3) is 0 Å². The number of fused-ring (bicyclic) bond motifs is 2. The monoisotopic (exact) mass is 463 g/mol. The molecular formula is C24H33N9O. The van der Waals surface area contributed by atoms with Crippen LogP contribution < -0.4 is 16.4 Å². The molecule has 34 heavy (non-hydrogen) atoms. The Morgan fingerprint density at radius 2 is 1.97 bits per heavy atom. The Labute approximate surface area is 199 Å². The van der Waals surface area contributed by atoms with Gasteiger partial charge in [-0.1, -0.05) is 24.3 Å². The quantitative estimate of drug-likeness (QED) is 0.416. The van der Waals surface area contributed by atoms with Crippen LogP contribution in [0.1, 0.15) is 30.9 Å². The number of H-pyrrole nitrogens is 1. The maximum absolute atomic E-state index is 11.6. The Balaban J connectivity index is 1.16. The lowest BCUT2D eigenvalue weighted by molar-refractivity contribution is -0.129. The molecule has 10 heteroatoms. The SMILES string of the molecule is CC(=O)N1CCC(Nc2ncnc3c(NC[C@@H](N)CN4CCc5ccccc5C4)n[nH]c23)CC1. The van der Waals surface area contributed by atoms with Crippen molar-refractivity contribution in [3.05, 3.63) is 41.7 Å². The van der Waals surface area contributed by atoms with Crippen LogP contribution in [0.4, 0.5) is 11.6 Å². The second-order valence-corrected chi connectivity index (χ2v) is 9.34. The molecule has 2 aromatic heterocycles. The highest BCUT2D eigenvalue weighted by Crippen LogP contribution is 2.25. The first kappa shape index (κ1) is 22.5. The second kappa shape index (κ2) is 9.94. The summed E-state index contributed by atoms with van der Waals surface area (Å²) in [6.07, 6.45) is 4.41.